The van der Waals surface area contributed by atoms with E-state index in [0.29, 0.717) is 5.16 Å². The first-order chi connectivity index (χ1) is 11.0. The van der Waals surface area contributed by atoms with Crippen LogP contribution < -0.4 is 5.32 Å². The van der Waals surface area contributed by atoms with E-state index in [1.165, 1.54) is 0 Å². The van der Waals surface area contributed by atoms with E-state index in [-0.39, 0.29) is 23.2 Å². The molecule has 1 aliphatic rings. The average molecular weight is 338 g/mol. The second-order valence-corrected chi connectivity index (χ2v) is 5.84. The largest absolute Gasteiger partial charge is 0.323 e. The number of nitro benzene ring substituents is 1. The molecule has 11 heteroatoms. The van der Waals surface area contributed by atoms with Gasteiger partial charge in [0.2, 0.25) is 11.1 Å². The van der Waals surface area contributed by atoms with E-state index in [1.807, 2.05) is 0 Å². The molecule has 120 valence electrons. The highest BCUT2D eigenvalue weighted by molar-refractivity contribution is 7.99. The van der Waals surface area contributed by atoms with Crippen molar-refractivity contribution in [1.29, 1.82) is 0 Å². The fraction of sp³-hybridized carbons (Fsp3) is 0.333. The minimum Gasteiger partial charge on any atom is -0.323 e. The third kappa shape index (κ3) is 3.62. The van der Waals surface area contributed by atoms with Crippen molar-refractivity contribution in [2.45, 2.75) is 24.0 Å². The van der Waals surface area contributed by atoms with Crippen LogP contribution in [-0.4, -0.2) is 36.8 Å². The van der Waals surface area contributed by atoms with Gasteiger partial charge in [0, 0.05) is 12.1 Å². The van der Waals surface area contributed by atoms with Gasteiger partial charge in [0.15, 0.2) is 0 Å². The van der Waals surface area contributed by atoms with Gasteiger partial charge in [0.05, 0.1) is 22.4 Å². The molecule has 1 N–H and O–H groups in total. The summed E-state index contributed by atoms with van der Waals surface area (Å²) >= 11 is 1.12. The standard InChI is InChI=1S/C12H11FN6O3S/c13-9-4-3-8(19(21)22)5-10(9)14-11(20)6-23-12-15-16-17-18(12)7-1-2-7/h3-5,7H,1-2,6H2,(H,14,20). The molecule has 0 saturated heterocycles. The summed E-state index contributed by atoms with van der Waals surface area (Å²) in [6.45, 7) is 0. The topological polar surface area (TPSA) is 116 Å². The number of hydrogen-bond acceptors (Lipinski definition) is 7. The van der Waals surface area contributed by atoms with Gasteiger partial charge < -0.3 is 5.32 Å². The smallest absolute Gasteiger partial charge is 0.271 e. The Balaban J connectivity index is 1.62. The van der Waals surface area contributed by atoms with Crippen molar-refractivity contribution in [1.82, 2.24) is 20.2 Å². The van der Waals surface area contributed by atoms with E-state index >= 15 is 0 Å². The van der Waals surface area contributed by atoms with Gasteiger partial charge in [-0.3, -0.25) is 14.9 Å². The lowest BCUT2D eigenvalue weighted by Crippen LogP contribution is -2.15. The number of non-ortho nitro benzene ring substituents is 1. The van der Waals surface area contributed by atoms with Crippen molar-refractivity contribution in [3.8, 4) is 0 Å². The molecule has 1 fully saturated rings. The Morgan fingerprint density at radius 3 is 3.00 bits per heavy atom. The number of aromatic nitrogens is 4. The van der Waals surface area contributed by atoms with Gasteiger partial charge in [-0.15, -0.1) is 5.10 Å². The Morgan fingerprint density at radius 1 is 1.52 bits per heavy atom. The summed E-state index contributed by atoms with van der Waals surface area (Å²) in [6.07, 6.45) is 2.01. The van der Waals surface area contributed by atoms with E-state index in [1.54, 1.807) is 4.68 Å². The van der Waals surface area contributed by atoms with Crippen molar-refractivity contribution in [3.05, 3.63) is 34.1 Å². The highest BCUT2D eigenvalue weighted by Crippen LogP contribution is 2.36. The lowest BCUT2D eigenvalue weighted by atomic mass is 10.2. The Labute approximate surface area is 133 Å². The normalized spacial score (nSPS) is 13.8. The van der Waals surface area contributed by atoms with Crippen molar-refractivity contribution in [2.75, 3.05) is 11.1 Å². The molecule has 0 unspecified atom stereocenters. The average Bonchev–Trinajstić information content (AvgIpc) is 3.25. The zero-order valence-corrected chi connectivity index (χ0v) is 12.5. The zero-order valence-electron chi connectivity index (χ0n) is 11.7. The summed E-state index contributed by atoms with van der Waals surface area (Å²) in [6, 6.07) is 3.23. The number of carbonyl (C=O) groups excluding carboxylic acids is 1. The predicted octanol–water partition coefficient (Wildman–Crippen LogP) is 1.79. The SMILES string of the molecule is O=C(CSc1nnnn1C1CC1)Nc1cc([N+](=O)[O-])ccc1F. The molecule has 9 nitrogen and oxygen atoms in total. The van der Waals surface area contributed by atoms with Crippen LogP contribution >= 0.6 is 11.8 Å². The van der Waals surface area contributed by atoms with Crippen LogP contribution in [0.3, 0.4) is 0 Å². The lowest BCUT2D eigenvalue weighted by Gasteiger charge is -2.06. The van der Waals surface area contributed by atoms with Crippen molar-refractivity contribution >= 4 is 29.0 Å². The quantitative estimate of drug-likeness (QED) is 0.485. The van der Waals surface area contributed by atoms with Crippen LogP contribution in [0.1, 0.15) is 18.9 Å². The molecule has 1 aromatic heterocycles. The van der Waals surface area contributed by atoms with Crippen LogP contribution in [0.15, 0.2) is 23.4 Å². The highest BCUT2D eigenvalue weighted by Gasteiger charge is 2.28. The maximum atomic E-state index is 13.6. The number of nitrogens with one attached hydrogen (secondary N) is 1. The van der Waals surface area contributed by atoms with Gasteiger partial charge in [-0.1, -0.05) is 11.8 Å². The van der Waals surface area contributed by atoms with Crippen LogP contribution in [0.25, 0.3) is 0 Å². The number of hydrogen-bond donors (Lipinski definition) is 1. The summed E-state index contributed by atoms with van der Waals surface area (Å²) < 4.78 is 15.3. The highest BCUT2D eigenvalue weighted by atomic mass is 32.2. The van der Waals surface area contributed by atoms with E-state index < -0.39 is 16.6 Å². The van der Waals surface area contributed by atoms with Gasteiger partial charge in [-0.25, -0.2) is 9.07 Å². The summed E-state index contributed by atoms with van der Waals surface area (Å²) in [5.74, 6) is -1.27. The number of nitro groups is 1. The van der Waals surface area contributed by atoms with E-state index in [0.717, 1.165) is 42.8 Å². The molecule has 0 aliphatic heterocycles. The van der Waals surface area contributed by atoms with E-state index in [2.05, 4.69) is 20.8 Å². The minimum atomic E-state index is -0.739. The first kappa shape index (κ1) is 15.3. The number of thioether (sulfide) groups is 1. The van der Waals surface area contributed by atoms with Crippen LogP contribution in [0.5, 0.6) is 0 Å². The Bertz CT molecular complexity index is 763. The number of carbonyl (C=O) groups is 1. The van der Waals surface area contributed by atoms with Crippen molar-refractivity contribution < 1.29 is 14.1 Å². The fourth-order valence-corrected chi connectivity index (χ4v) is 2.61. The molecule has 23 heavy (non-hydrogen) atoms. The van der Waals surface area contributed by atoms with Gasteiger partial charge in [-0.05, 0) is 29.3 Å². The molecule has 1 aliphatic carbocycles. The molecule has 1 saturated carbocycles. The van der Waals surface area contributed by atoms with Crippen LogP contribution in [0.2, 0.25) is 0 Å². The van der Waals surface area contributed by atoms with Gasteiger partial charge in [0.25, 0.3) is 5.69 Å². The minimum absolute atomic E-state index is 0.0325. The number of tetrazole rings is 1. The van der Waals surface area contributed by atoms with Crippen LogP contribution in [0.4, 0.5) is 15.8 Å². The molecule has 2 aromatic rings. The maximum Gasteiger partial charge on any atom is 0.271 e. The summed E-state index contributed by atoms with van der Waals surface area (Å²) in [4.78, 5) is 21.9. The van der Waals surface area contributed by atoms with Gasteiger partial charge >= 0.3 is 0 Å². The second kappa shape index (κ2) is 6.28. The first-order valence-corrected chi connectivity index (χ1v) is 7.67. The number of halogens is 1. The van der Waals surface area contributed by atoms with Crippen molar-refractivity contribution in [3.63, 3.8) is 0 Å². The third-order valence-electron chi connectivity index (χ3n) is 3.12. The first-order valence-electron chi connectivity index (χ1n) is 6.69. The molecule has 0 bridgehead atoms. The van der Waals surface area contributed by atoms with Gasteiger partial charge in [-0.2, -0.15) is 0 Å². The lowest BCUT2D eigenvalue weighted by molar-refractivity contribution is -0.384. The molecule has 1 aromatic carbocycles. The monoisotopic (exact) mass is 338 g/mol. The van der Waals surface area contributed by atoms with Crippen LogP contribution in [0, 0.1) is 15.9 Å². The molecular formula is C12H11FN6O3S. The molecule has 3 rings (SSSR count). The number of amides is 1. The van der Waals surface area contributed by atoms with Crippen LogP contribution in [-0.2, 0) is 4.79 Å². The Morgan fingerprint density at radius 2 is 2.30 bits per heavy atom. The number of nitrogens with zero attached hydrogens (tertiary/aromatic N) is 5. The zero-order chi connectivity index (χ0) is 16.4. The molecule has 0 radical (unpaired) electrons. The van der Waals surface area contributed by atoms with Crippen molar-refractivity contribution in [2.24, 2.45) is 0 Å². The third-order valence-corrected chi connectivity index (χ3v) is 4.06. The molecular weight excluding hydrogens is 327 g/mol. The second-order valence-electron chi connectivity index (χ2n) is 4.90. The predicted molar refractivity (Wildman–Crippen MR) is 78.5 cm³/mol. The molecule has 0 atom stereocenters. The summed E-state index contributed by atoms with van der Waals surface area (Å²) in [5.41, 5.74) is -0.529. The molecule has 1 amide bonds. The molecule has 0 spiro atoms. The maximum absolute atomic E-state index is 13.6. The number of anilines is 1. The fourth-order valence-electron chi connectivity index (χ4n) is 1.87. The van der Waals surface area contributed by atoms with E-state index in [4.69, 9.17) is 0 Å². The number of rotatable bonds is 6. The summed E-state index contributed by atoms with van der Waals surface area (Å²) in [7, 11) is 0. The number of benzene rings is 1. The Kier molecular flexibility index (Phi) is 4.19. The van der Waals surface area contributed by atoms with E-state index in [9.17, 15) is 19.3 Å². The van der Waals surface area contributed by atoms with Gasteiger partial charge in [0.1, 0.15) is 5.82 Å². The molecule has 1 heterocycles. The summed E-state index contributed by atoms with van der Waals surface area (Å²) in [5, 5.41) is 24.8. The Hall–Kier alpha value is -2.56.